The number of rotatable bonds is 2. The molecule has 6 nitrogen and oxygen atoms in total. The van der Waals surface area contributed by atoms with Gasteiger partial charge in [0, 0.05) is 44.2 Å². The molecule has 3 heterocycles. The highest BCUT2D eigenvalue weighted by Gasteiger charge is 2.46. The number of amides is 2. The Labute approximate surface area is 171 Å². The molecule has 3 aliphatic heterocycles. The van der Waals surface area contributed by atoms with E-state index in [1.807, 2.05) is 4.90 Å². The number of ether oxygens (including phenoxy) is 1. The van der Waals surface area contributed by atoms with Gasteiger partial charge in [-0.2, -0.15) is 0 Å². The van der Waals surface area contributed by atoms with E-state index in [2.05, 4.69) is 4.90 Å². The Balaban J connectivity index is 1.37. The van der Waals surface area contributed by atoms with E-state index in [0.29, 0.717) is 12.5 Å². The van der Waals surface area contributed by atoms with Gasteiger partial charge >= 0.3 is 6.09 Å². The Bertz CT molecular complexity index is 784. The predicted molar refractivity (Wildman–Crippen MR) is 108 cm³/mol. The summed E-state index contributed by atoms with van der Waals surface area (Å²) in [6, 6.07) is 4.84. The van der Waals surface area contributed by atoms with Crippen molar-refractivity contribution in [1.82, 2.24) is 9.80 Å². The Morgan fingerprint density at radius 2 is 1.86 bits per heavy atom. The van der Waals surface area contributed by atoms with E-state index in [0.717, 1.165) is 69.7 Å². The number of methoxy groups -OCH3 is 1. The van der Waals surface area contributed by atoms with E-state index < -0.39 is 0 Å². The molecule has 2 amide bonds. The van der Waals surface area contributed by atoms with Gasteiger partial charge in [-0.3, -0.25) is 4.79 Å². The smallest absolute Gasteiger partial charge is 0.409 e. The molecule has 158 valence electrons. The first-order valence-electron chi connectivity index (χ1n) is 10.6. The second-order valence-electron chi connectivity index (χ2n) is 8.75. The molecule has 0 radical (unpaired) electrons. The Hall–Kier alpha value is -2.15. The molecule has 0 unspecified atom stereocenters. The third-order valence-corrected chi connectivity index (χ3v) is 7.04. The van der Waals surface area contributed by atoms with Crippen LogP contribution < -0.4 is 4.90 Å². The number of carbonyl (C=O) groups is 2. The number of anilines is 1. The molecule has 3 aliphatic rings. The molecule has 29 heavy (non-hydrogen) atoms. The molecule has 7 heteroatoms. The predicted octanol–water partition coefficient (Wildman–Crippen LogP) is 3.00. The van der Waals surface area contributed by atoms with Crippen LogP contribution in [0, 0.1) is 11.7 Å². The fourth-order valence-electron chi connectivity index (χ4n) is 5.31. The molecule has 2 saturated heterocycles. The second kappa shape index (κ2) is 7.94. The molecule has 4 rings (SSSR count). The third-order valence-electron chi connectivity index (χ3n) is 7.04. The van der Waals surface area contributed by atoms with Crippen molar-refractivity contribution in [2.45, 2.75) is 38.0 Å². The lowest BCUT2D eigenvalue weighted by Crippen LogP contribution is -2.48. The maximum absolute atomic E-state index is 14.0. The van der Waals surface area contributed by atoms with Crippen LogP contribution in [0.5, 0.6) is 0 Å². The van der Waals surface area contributed by atoms with E-state index in [4.69, 9.17) is 4.74 Å². The van der Waals surface area contributed by atoms with Crippen molar-refractivity contribution in [1.29, 1.82) is 0 Å². The molecule has 1 aromatic rings. The van der Waals surface area contributed by atoms with E-state index >= 15 is 0 Å². The van der Waals surface area contributed by atoms with Crippen molar-refractivity contribution in [2.24, 2.45) is 5.92 Å². The van der Waals surface area contributed by atoms with Gasteiger partial charge in [0.25, 0.3) is 0 Å². The number of nitrogens with zero attached hydrogens (tertiary/aromatic N) is 3. The maximum atomic E-state index is 14.0. The van der Waals surface area contributed by atoms with Gasteiger partial charge in [-0.25, -0.2) is 9.18 Å². The van der Waals surface area contributed by atoms with Gasteiger partial charge < -0.3 is 19.4 Å². The zero-order chi connectivity index (χ0) is 20.6. The van der Waals surface area contributed by atoms with Crippen LogP contribution in [0.25, 0.3) is 0 Å². The Morgan fingerprint density at radius 1 is 1.17 bits per heavy atom. The quantitative estimate of drug-likeness (QED) is 0.762. The van der Waals surface area contributed by atoms with Gasteiger partial charge in [0.2, 0.25) is 5.91 Å². The highest BCUT2D eigenvalue weighted by Crippen LogP contribution is 2.47. The van der Waals surface area contributed by atoms with Crippen LogP contribution in [0.1, 0.15) is 38.2 Å². The first-order chi connectivity index (χ1) is 13.9. The first-order valence-corrected chi connectivity index (χ1v) is 10.6. The fraction of sp³-hybridized carbons (Fsp3) is 0.636. The SMILES string of the molecule is COC(=O)N1CCC(CN2CCC3(CC2)CN(C(C)=O)c2ccc(F)cc23)CC1. The van der Waals surface area contributed by atoms with Crippen LogP contribution in [0.4, 0.5) is 14.9 Å². The third kappa shape index (κ3) is 3.84. The number of carbonyl (C=O) groups excluding carboxylic acids is 2. The number of benzene rings is 1. The van der Waals surface area contributed by atoms with Crippen LogP contribution in [-0.4, -0.2) is 68.2 Å². The van der Waals surface area contributed by atoms with Gasteiger partial charge in [-0.15, -0.1) is 0 Å². The summed E-state index contributed by atoms with van der Waals surface area (Å²) in [7, 11) is 1.43. The normalized spacial score (nSPS) is 22.0. The molecule has 1 spiro atoms. The standard InChI is InChI=1S/C22H30FN3O3/c1-16(27)26-15-22(19-13-18(23)3-4-20(19)26)7-11-24(12-8-22)14-17-5-9-25(10-6-17)21(28)29-2/h3-4,13,17H,5-12,14-15H2,1-2H3. The largest absolute Gasteiger partial charge is 0.453 e. The lowest BCUT2D eigenvalue weighted by Gasteiger charge is -2.42. The Kier molecular flexibility index (Phi) is 5.51. The molecule has 0 N–H and O–H groups in total. The molecular formula is C22H30FN3O3. The van der Waals surface area contributed by atoms with E-state index in [1.165, 1.54) is 13.2 Å². The molecule has 0 saturated carbocycles. The fourth-order valence-corrected chi connectivity index (χ4v) is 5.31. The minimum absolute atomic E-state index is 0.0227. The van der Waals surface area contributed by atoms with Gasteiger partial charge in [0.1, 0.15) is 5.82 Å². The van der Waals surface area contributed by atoms with E-state index in [9.17, 15) is 14.0 Å². The van der Waals surface area contributed by atoms with Crippen molar-refractivity contribution in [2.75, 3.05) is 51.3 Å². The topological polar surface area (TPSA) is 53.1 Å². The number of piperidine rings is 2. The van der Waals surface area contributed by atoms with Gasteiger partial charge in [0.15, 0.2) is 0 Å². The van der Waals surface area contributed by atoms with Gasteiger partial charge in [0.05, 0.1) is 7.11 Å². The van der Waals surface area contributed by atoms with Crippen LogP contribution in [-0.2, 0) is 14.9 Å². The average molecular weight is 403 g/mol. The minimum Gasteiger partial charge on any atom is -0.453 e. The summed E-state index contributed by atoms with van der Waals surface area (Å²) in [5.74, 6) is 0.384. The maximum Gasteiger partial charge on any atom is 0.409 e. The van der Waals surface area contributed by atoms with Gasteiger partial charge in [-0.1, -0.05) is 0 Å². The molecular weight excluding hydrogens is 373 g/mol. The number of fused-ring (bicyclic) bond motifs is 2. The van der Waals surface area contributed by atoms with Crippen molar-refractivity contribution in [3.8, 4) is 0 Å². The zero-order valence-electron chi connectivity index (χ0n) is 17.3. The molecule has 0 atom stereocenters. The summed E-state index contributed by atoms with van der Waals surface area (Å²) in [5, 5.41) is 0. The molecule has 0 aromatic heterocycles. The number of hydrogen-bond acceptors (Lipinski definition) is 4. The van der Waals surface area contributed by atoms with E-state index in [-0.39, 0.29) is 23.2 Å². The lowest BCUT2D eigenvalue weighted by molar-refractivity contribution is -0.116. The molecule has 2 fully saturated rings. The monoisotopic (exact) mass is 403 g/mol. The minimum atomic E-state index is -0.231. The Morgan fingerprint density at radius 3 is 2.48 bits per heavy atom. The molecule has 1 aromatic carbocycles. The van der Waals surface area contributed by atoms with Gasteiger partial charge in [-0.05, 0) is 68.5 Å². The van der Waals surface area contributed by atoms with Crippen LogP contribution >= 0.6 is 0 Å². The summed E-state index contributed by atoms with van der Waals surface area (Å²) >= 11 is 0. The lowest BCUT2D eigenvalue weighted by atomic mass is 9.74. The van der Waals surface area contributed by atoms with Crippen molar-refractivity contribution >= 4 is 17.7 Å². The van der Waals surface area contributed by atoms with E-state index in [1.54, 1.807) is 24.0 Å². The summed E-state index contributed by atoms with van der Waals surface area (Å²) < 4.78 is 18.8. The van der Waals surface area contributed by atoms with Crippen molar-refractivity contribution < 1.29 is 18.7 Å². The van der Waals surface area contributed by atoms with Crippen LogP contribution in [0.3, 0.4) is 0 Å². The molecule has 0 bridgehead atoms. The number of halogens is 1. The number of hydrogen-bond donors (Lipinski definition) is 0. The summed E-state index contributed by atoms with van der Waals surface area (Å²) in [4.78, 5) is 29.9. The average Bonchev–Trinajstić information content (AvgIpc) is 3.03. The second-order valence-corrected chi connectivity index (χ2v) is 8.75. The number of likely N-dealkylation sites (tertiary alicyclic amines) is 2. The zero-order valence-corrected chi connectivity index (χ0v) is 17.3. The highest BCUT2D eigenvalue weighted by atomic mass is 19.1. The molecule has 0 aliphatic carbocycles. The first kappa shape index (κ1) is 20.1. The summed E-state index contributed by atoms with van der Waals surface area (Å²) in [5.41, 5.74) is 1.75. The van der Waals surface area contributed by atoms with Crippen LogP contribution in [0.2, 0.25) is 0 Å². The van der Waals surface area contributed by atoms with Crippen LogP contribution in [0.15, 0.2) is 18.2 Å². The summed E-state index contributed by atoms with van der Waals surface area (Å²) in [6.45, 7) is 6.72. The van der Waals surface area contributed by atoms with Crippen molar-refractivity contribution in [3.05, 3.63) is 29.6 Å². The highest BCUT2D eigenvalue weighted by molar-refractivity contribution is 5.94. The van der Waals surface area contributed by atoms with Crippen molar-refractivity contribution in [3.63, 3.8) is 0 Å². The summed E-state index contributed by atoms with van der Waals surface area (Å²) in [6.07, 6.45) is 3.65.